The monoisotopic (exact) mass is 265 g/mol. The van der Waals surface area contributed by atoms with Crippen molar-refractivity contribution in [3.63, 3.8) is 0 Å². The van der Waals surface area contributed by atoms with Gasteiger partial charge in [0.25, 0.3) is 5.91 Å². The minimum absolute atomic E-state index is 0.0855. The quantitative estimate of drug-likeness (QED) is 0.888. The van der Waals surface area contributed by atoms with E-state index in [-0.39, 0.29) is 17.6 Å². The highest BCUT2D eigenvalue weighted by molar-refractivity contribution is 5.90. The Morgan fingerprint density at radius 3 is 2.58 bits per heavy atom. The molecule has 0 bridgehead atoms. The van der Waals surface area contributed by atoms with Crippen LogP contribution in [0.4, 0.5) is 0 Å². The number of rotatable bonds is 3. The molecule has 1 saturated heterocycles. The van der Waals surface area contributed by atoms with E-state index in [4.69, 9.17) is 0 Å². The SMILES string of the molecule is CC(C)c1nc(C(=O)N(C)C2CCN(C)CC2)n[nH]1. The fourth-order valence-corrected chi connectivity index (χ4v) is 2.33. The van der Waals surface area contributed by atoms with Crippen LogP contribution in [-0.4, -0.2) is 64.1 Å². The summed E-state index contributed by atoms with van der Waals surface area (Å²) in [5, 5.41) is 6.86. The lowest BCUT2D eigenvalue weighted by Crippen LogP contribution is -2.44. The smallest absolute Gasteiger partial charge is 0.293 e. The van der Waals surface area contributed by atoms with E-state index in [0.717, 1.165) is 31.8 Å². The predicted molar refractivity (Wildman–Crippen MR) is 73.1 cm³/mol. The molecule has 6 heteroatoms. The van der Waals surface area contributed by atoms with Gasteiger partial charge >= 0.3 is 0 Å². The van der Waals surface area contributed by atoms with Crippen molar-refractivity contribution in [2.75, 3.05) is 27.2 Å². The first kappa shape index (κ1) is 14.0. The summed E-state index contributed by atoms with van der Waals surface area (Å²) in [6, 6.07) is 0.296. The maximum absolute atomic E-state index is 12.3. The zero-order valence-corrected chi connectivity index (χ0v) is 12.2. The standard InChI is InChI=1S/C13H23N5O/c1-9(2)11-14-12(16-15-11)13(19)18(4)10-5-7-17(3)8-6-10/h9-10H,5-8H2,1-4H3,(H,14,15,16). The number of piperidine rings is 1. The molecule has 1 aromatic heterocycles. The fourth-order valence-electron chi connectivity index (χ4n) is 2.33. The van der Waals surface area contributed by atoms with Gasteiger partial charge in [-0.2, -0.15) is 0 Å². The molecule has 2 heterocycles. The Bertz CT molecular complexity index is 434. The Morgan fingerprint density at radius 2 is 2.05 bits per heavy atom. The van der Waals surface area contributed by atoms with Crippen LogP contribution in [0.15, 0.2) is 0 Å². The van der Waals surface area contributed by atoms with E-state index in [1.54, 1.807) is 4.90 Å². The minimum Gasteiger partial charge on any atom is -0.336 e. The maximum atomic E-state index is 12.3. The van der Waals surface area contributed by atoms with Gasteiger partial charge < -0.3 is 9.80 Å². The number of aromatic amines is 1. The van der Waals surface area contributed by atoms with Gasteiger partial charge in [-0.1, -0.05) is 13.8 Å². The van der Waals surface area contributed by atoms with Gasteiger partial charge in [-0.05, 0) is 33.0 Å². The number of carbonyl (C=O) groups is 1. The molecule has 1 amide bonds. The lowest BCUT2D eigenvalue weighted by Gasteiger charge is -2.34. The minimum atomic E-state index is -0.0855. The van der Waals surface area contributed by atoms with Crippen LogP contribution in [0.25, 0.3) is 0 Å². The Labute approximate surface area is 114 Å². The van der Waals surface area contributed by atoms with Crippen molar-refractivity contribution in [1.29, 1.82) is 0 Å². The molecule has 0 atom stereocenters. The summed E-state index contributed by atoms with van der Waals surface area (Å²) in [6.07, 6.45) is 2.03. The molecule has 106 valence electrons. The molecule has 1 aliphatic rings. The average molecular weight is 265 g/mol. The zero-order valence-electron chi connectivity index (χ0n) is 12.2. The van der Waals surface area contributed by atoms with Gasteiger partial charge in [0, 0.05) is 19.0 Å². The zero-order chi connectivity index (χ0) is 14.0. The first-order valence-electron chi connectivity index (χ1n) is 6.87. The van der Waals surface area contributed by atoms with Crippen LogP contribution in [-0.2, 0) is 0 Å². The van der Waals surface area contributed by atoms with Crippen molar-refractivity contribution in [2.45, 2.75) is 38.6 Å². The van der Waals surface area contributed by atoms with E-state index >= 15 is 0 Å². The summed E-state index contributed by atoms with van der Waals surface area (Å²) in [4.78, 5) is 20.7. The van der Waals surface area contributed by atoms with Gasteiger partial charge in [0.1, 0.15) is 5.82 Å². The fraction of sp³-hybridized carbons (Fsp3) is 0.769. The predicted octanol–water partition coefficient (Wildman–Crippen LogP) is 1.09. The molecular formula is C13H23N5O. The molecule has 6 nitrogen and oxygen atoms in total. The highest BCUT2D eigenvalue weighted by Crippen LogP contribution is 2.16. The molecule has 1 fully saturated rings. The van der Waals surface area contributed by atoms with E-state index in [0.29, 0.717) is 6.04 Å². The van der Waals surface area contributed by atoms with Crippen molar-refractivity contribution in [1.82, 2.24) is 25.0 Å². The summed E-state index contributed by atoms with van der Waals surface area (Å²) >= 11 is 0. The van der Waals surface area contributed by atoms with Gasteiger partial charge in [0.05, 0.1) is 0 Å². The average Bonchev–Trinajstić information content (AvgIpc) is 2.87. The van der Waals surface area contributed by atoms with Crippen LogP contribution in [0.2, 0.25) is 0 Å². The van der Waals surface area contributed by atoms with Gasteiger partial charge in [-0.3, -0.25) is 9.89 Å². The molecule has 0 saturated carbocycles. The van der Waals surface area contributed by atoms with Gasteiger partial charge in [0.15, 0.2) is 0 Å². The highest BCUT2D eigenvalue weighted by atomic mass is 16.2. The lowest BCUT2D eigenvalue weighted by atomic mass is 10.0. The van der Waals surface area contributed by atoms with Crippen LogP contribution >= 0.6 is 0 Å². The Kier molecular flexibility index (Phi) is 4.19. The first-order chi connectivity index (χ1) is 8.99. The second kappa shape index (κ2) is 5.69. The number of hydrogen-bond acceptors (Lipinski definition) is 4. The van der Waals surface area contributed by atoms with E-state index in [9.17, 15) is 4.79 Å². The van der Waals surface area contributed by atoms with Crippen molar-refractivity contribution in [2.24, 2.45) is 0 Å². The summed E-state index contributed by atoms with van der Waals surface area (Å²) in [7, 11) is 3.96. The van der Waals surface area contributed by atoms with Crippen LogP contribution in [0.3, 0.4) is 0 Å². The third kappa shape index (κ3) is 3.12. The summed E-state index contributed by atoms with van der Waals surface area (Å²) in [5.74, 6) is 1.21. The molecule has 0 aliphatic carbocycles. The Morgan fingerprint density at radius 1 is 1.42 bits per heavy atom. The second-order valence-electron chi connectivity index (χ2n) is 5.65. The third-order valence-electron chi connectivity index (χ3n) is 3.80. The molecule has 19 heavy (non-hydrogen) atoms. The summed E-state index contributed by atoms with van der Waals surface area (Å²) in [6.45, 7) is 6.12. The number of hydrogen-bond donors (Lipinski definition) is 1. The highest BCUT2D eigenvalue weighted by Gasteiger charge is 2.27. The molecule has 0 radical (unpaired) electrons. The molecular weight excluding hydrogens is 242 g/mol. The first-order valence-corrected chi connectivity index (χ1v) is 6.87. The number of amides is 1. The molecule has 0 aromatic carbocycles. The Balaban J connectivity index is 2.01. The molecule has 2 rings (SSSR count). The third-order valence-corrected chi connectivity index (χ3v) is 3.80. The van der Waals surface area contributed by atoms with Crippen LogP contribution < -0.4 is 0 Å². The second-order valence-corrected chi connectivity index (χ2v) is 5.65. The number of aromatic nitrogens is 3. The van der Waals surface area contributed by atoms with Crippen LogP contribution in [0, 0.1) is 0 Å². The van der Waals surface area contributed by atoms with Gasteiger partial charge in [-0.25, -0.2) is 4.98 Å². The number of H-pyrrole nitrogens is 1. The van der Waals surface area contributed by atoms with Gasteiger partial charge in [0.2, 0.25) is 5.82 Å². The molecule has 1 aliphatic heterocycles. The van der Waals surface area contributed by atoms with Crippen molar-refractivity contribution < 1.29 is 4.79 Å². The van der Waals surface area contributed by atoms with Crippen LogP contribution in [0.5, 0.6) is 0 Å². The molecule has 1 aromatic rings. The van der Waals surface area contributed by atoms with E-state index in [1.165, 1.54) is 0 Å². The topological polar surface area (TPSA) is 65.1 Å². The van der Waals surface area contributed by atoms with Crippen molar-refractivity contribution in [3.8, 4) is 0 Å². The number of nitrogens with zero attached hydrogens (tertiary/aromatic N) is 4. The van der Waals surface area contributed by atoms with E-state index < -0.39 is 0 Å². The van der Waals surface area contributed by atoms with E-state index in [1.807, 2.05) is 20.9 Å². The van der Waals surface area contributed by atoms with Crippen LogP contribution in [0.1, 0.15) is 49.1 Å². The van der Waals surface area contributed by atoms with Gasteiger partial charge in [-0.15, -0.1) is 5.10 Å². The normalized spacial score (nSPS) is 17.9. The molecule has 0 unspecified atom stereocenters. The van der Waals surface area contributed by atoms with Crippen molar-refractivity contribution in [3.05, 3.63) is 11.6 Å². The van der Waals surface area contributed by atoms with Crippen molar-refractivity contribution >= 4 is 5.91 Å². The summed E-state index contributed by atoms with van der Waals surface area (Å²) < 4.78 is 0. The number of nitrogens with one attached hydrogen (secondary N) is 1. The maximum Gasteiger partial charge on any atom is 0.293 e. The lowest BCUT2D eigenvalue weighted by molar-refractivity contribution is 0.0648. The number of carbonyl (C=O) groups excluding carboxylic acids is 1. The molecule has 0 spiro atoms. The van der Waals surface area contributed by atoms with E-state index in [2.05, 4.69) is 27.1 Å². The summed E-state index contributed by atoms with van der Waals surface area (Å²) in [5.41, 5.74) is 0. The molecule has 1 N–H and O–H groups in total. The largest absolute Gasteiger partial charge is 0.336 e. The number of likely N-dealkylation sites (tertiary alicyclic amines) is 1. The Hall–Kier alpha value is -1.43.